The summed E-state index contributed by atoms with van der Waals surface area (Å²) in [7, 11) is 0. The smallest absolute Gasteiger partial charge is 0.290 e. The predicted molar refractivity (Wildman–Crippen MR) is 116 cm³/mol. The maximum atomic E-state index is 13.1. The molecule has 3 heterocycles. The Morgan fingerprint density at radius 2 is 2.00 bits per heavy atom. The monoisotopic (exact) mass is 405 g/mol. The number of aliphatic hydroxyl groups excluding tert-OH is 1. The summed E-state index contributed by atoms with van der Waals surface area (Å²) in [5.74, 6) is 1.25. The highest BCUT2D eigenvalue weighted by atomic mass is 16.3. The minimum Gasteiger partial charge on any atom is -0.459 e. The zero-order valence-corrected chi connectivity index (χ0v) is 17.3. The molecule has 6 heteroatoms. The number of aromatic nitrogens is 1. The first kappa shape index (κ1) is 19.1. The summed E-state index contributed by atoms with van der Waals surface area (Å²) < 4.78 is 5.39. The Hall–Kier alpha value is -2.86. The molecule has 1 aliphatic carbocycles. The molecule has 2 aliphatic rings. The predicted octanol–water partition coefficient (Wildman–Crippen LogP) is 3.90. The van der Waals surface area contributed by atoms with Gasteiger partial charge in [0, 0.05) is 30.1 Å². The van der Waals surface area contributed by atoms with Crippen LogP contribution in [0.2, 0.25) is 0 Å². The van der Waals surface area contributed by atoms with Gasteiger partial charge in [0.15, 0.2) is 5.76 Å². The molecular formula is C24H27N3O3. The molecule has 1 saturated heterocycles. The number of carbonyl (C=O) groups excluding carboxylic acids is 1. The molecule has 1 aliphatic heterocycles. The lowest BCUT2D eigenvalue weighted by atomic mass is 10.0. The second-order valence-corrected chi connectivity index (χ2v) is 8.48. The number of para-hydroxylation sites is 1. The lowest BCUT2D eigenvalue weighted by Gasteiger charge is -2.33. The van der Waals surface area contributed by atoms with Crippen molar-refractivity contribution < 1.29 is 14.3 Å². The van der Waals surface area contributed by atoms with E-state index in [1.807, 2.05) is 11.0 Å². The van der Waals surface area contributed by atoms with E-state index in [-0.39, 0.29) is 18.1 Å². The summed E-state index contributed by atoms with van der Waals surface area (Å²) in [6, 6.07) is 12.1. The summed E-state index contributed by atoms with van der Waals surface area (Å²) >= 11 is 0. The van der Waals surface area contributed by atoms with Crippen LogP contribution in [0.25, 0.3) is 10.9 Å². The number of hydrogen-bond acceptors (Lipinski definition) is 5. The van der Waals surface area contributed by atoms with Gasteiger partial charge in [0.1, 0.15) is 5.82 Å². The number of aliphatic hydroxyl groups is 1. The van der Waals surface area contributed by atoms with Gasteiger partial charge in [0.2, 0.25) is 0 Å². The number of benzene rings is 1. The van der Waals surface area contributed by atoms with Gasteiger partial charge in [-0.1, -0.05) is 18.2 Å². The molecule has 1 saturated carbocycles. The number of fused-ring (bicyclic) bond motifs is 1. The SMILES string of the molecule is Cc1cccc2cc(CN(C(=O)c3ccco3)C3CC3)c(N3CCC(O)CC3)nc12. The zero-order chi connectivity index (χ0) is 20.7. The van der Waals surface area contributed by atoms with Crippen molar-refractivity contribution in [1.82, 2.24) is 9.88 Å². The van der Waals surface area contributed by atoms with E-state index >= 15 is 0 Å². The summed E-state index contributed by atoms with van der Waals surface area (Å²) in [4.78, 5) is 22.4. The van der Waals surface area contributed by atoms with Gasteiger partial charge in [-0.3, -0.25) is 4.79 Å². The number of amides is 1. The lowest BCUT2D eigenvalue weighted by molar-refractivity contribution is 0.0697. The van der Waals surface area contributed by atoms with Crippen LogP contribution >= 0.6 is 0 Å². The van der Waals surface area contributed by atoms with E-state index in [0.717, 1.165) is 66.6 Å². The quantitative estimate of drug-likeness (QED) is 0.697. The van der Waals surface area contributed by atoms with E-state index in [0.29, 0.717) is 12.3 Å². The average Bonchev–Trinajstić information content (AvgIpc) is 3.44. The molecule has 0 unspecified atom stereocenters. The molecule has 0 radical (unpaired) electrons. The first-order valence-corrected chi connectivity index (χ1v) is 10.8. The van der Waals surface area contributed by atoms with Gasteiger partial charge in [-0.15, -0.1) is 0 Å². The number of anilines is 1. The number of furan rings is 1. The maximum absolute atomic E-state index is 13.1. The number of carbonyl (C=O) groups is 1. The molecule has 5 rings (SSSR count). The van der Waals surface area contributed by atoms with Crippen LogP contribution in [-0.2, 0) is 6.54 Å². The normalized spacial score (nSPS) is 17.5. The Kier molecular flexibility index (Phi) is 4.95. The first-order valence-electron chi connectivity index (χ1n) is 10.8. The van der Waals surface area contributed by atoms with Crippen LogP contribution in [0.3, 0.4) is 0 Å². The number of aryl methyl sites for hydroxylation is 1. The second-order valence-electron chi connectivity index (χ2n) is 8.48. The number of nitrogens with zero attached hydrogens (tertiary/aromatic N) is 3. The van der Waals surface area contributed by atoms with Crippen LogP contribution in [0, 0.1) is 6.92 Å². The van der Waals surface area contributed by atoms with Gasteiger partial charge in [-0.2, -0.15) is 0 Å². The van der Waals surface area contributed by atoms with Crippen LogP contribution in [0.5, 0.6) is 0 Å². The van der Waals surface area contributed by atoms with E-state index in [9.17, 15) is 9.90 Å². The van der Waals surface area contributed by atoms with Crippen LogP contribution in [0.1, 0.15) is 47.4 Å². The molecule has 1 amide bonds. The highest BCUT2D eigenvalue weighted by Gasteiger charge is 2.35. The van der Waals surface area contributed by atoms with E-state index in [1.165, 1.54) is 0 Å². The standard InChI is InChI=1S/C24H27N3O3/c1-16-4-2-5-17-14-18(23(25-22(16)17)26-11-9-20(28)10-12-26)15-27(19-7-8-19)24(29)21-6-3-13-30-21/h2-6,13-14,19-20,28H,7-12,15H2,1H3. The Bertz CT molecular complexity index is 1050. The van der Waals surface area contributed by atoms with Gasteiger partial charge in [0.25, 0.3) is 5.91 Å². The lowest BCUT2D eigenvalue weighted by Crippen LogP contribution is -2.38. The van der Waals surface area contributed by atoms with Crippen molar-refractivity contribution in [1.29, 1.82) is 0 Å². The first-order chi connectivity index (χ1) is 14.6. The molecule has 1 N–H and O–H groups in total. The van der Waals surface area contributed by atoms with Crippen LogP contribution in [0.4, 0.5) is 5.82 Å². The van der Waals surface area contributed by atoms with Crippen molar-refractivity contribution in [3.05, 3.63) is 59.5 Å². The topological polar surface area (TPSA) is 69.8 Å². The third kappa shape index (κ3) is 3.67. The highest BCUT2D eigenvalue weighted by molar-refractivity contribution is 5.92. The summed E-state index contributed by atoms with van der Waals surface area (Å²) in [5, 5.41) is 11.0. The molecule has 2 aromatic heterocycles. The van der Waals surface area contributed by atoms with Crippen molar-refractivity contribution in [2.24, 2.45) is 0 Å². The fourth-order valence-electron chi connectivity index (χ4n) is 4.33. The Morgan fingerprint density at radius 1 is 1.20 bits per heavy atom. The minimum atomic E-state index is -0.240. The molecule has 0 spiro atoms. The fourth-order valence-corrected chi connectivity index (χ4v) is 4.33. The highest BCUT2D eigenvalue weighted by Crippen LogP contribution is 2.34. The van der Waals surface area contributed by atoms with Gasteiger partial charge in [-0.25, -0.2) is 4.98 Å². The second kappa shape index (κ2) is 7.76. The summed E-state index contributed by atoms with van der Waals surface area (Å²) in [6.45, 7) is 4.13. The van der Waals surface area contributed by atoms with Crippen LogP contribution < -0.4 is 4.90 Å². The van der Waals surface area contributed by atoms with E-state index < -0.39 is 0 Å². The van der Waals surface area contributed by atoms with Crippen LogP contribution in [-0.4, -0.2) is 46.1 Å². The molecule has 30 heavy (non-hydrogen) atoms. The summed E-state index contributed by atoms with van der Waals surface area (Å²) in [6.07, 6.45) is 4.84. The van der Waals surface area contributed by atoms with E-state index in [2.05, 4.69) is 30.0 Å². The van der Waals surface area contributed by atoms with Crippen molar-refractivity contribution in [2.75, 3.05) is 18.0 Å². The molecule has 3 aromatic rings. The molecule has 0 bridgehead atoms. The molecule has 1 aromatic carbocycles. The van der Waals surface area contributed by atoms with E-state index in [4.69, 9.17) is 9.40 Å². The van der Waals surface area contributed by atoms with Crippen molar-refractivity contribution in [3.63, 3.8) is 0 Å². The van der Waals surface area contributed by atoms with Crippen molar-refractivity contribution in [3.8, 4) is 0 Å². The van der Waals surface area contributed by atoms with Gasteiger partial charge >= 0.3 is 0 Å². The fraction of sp³-hybridized carbons (Fsp3) is 0.417. The number of hydrogen-bond donors (Lipinski definition) is 1. The van der Waals surface area contributed by atoms with Gasteiger partial charge in [-0.05, 0) is 56.4 Å². The third-order valence-corrected chi connectivity index (χ3v) is 6.19. The summed E-state index contributed by atoms with van der Waals surface area (Å²) in [5.41, 5.74) is 3.19. The van der Waals surface area contributed by atoms with Crippen LogP contribution in [0.15, 0.2) is 47.1 Å². The van der Waals surface area contributed by atoms with Crippen molar-refractivity contribution >= 4 is 22.6 Å². The number of piperidine rings is 1. The Labute approximate surface area is 176 Å². The van der Waals surface area contributed by atoms with Crippen molar-refractivity contribution in [2.45, 2.75) is 51.3 Å². The number of pyridine rings is 1. The third-order valence-electron chi connectivity index (χ3n) is 6.19. The molecule has 2 fully saturated rings. The average molecular weight is 405 g/mol. The molecular weight excluding hydrogens is 378 g/mol. The Balaban J connectivity index is 1.54. The molecule has 156 valence electrons. The zero-order valence-electron chi connectivity index (χ0n) is 17.3. The molecule has 0 atom stereocenters. The van der Waals surface area contributed by atoms with Gasteiger partial charge < -0.3 is 19.3 Å². The minimum absolute atomic E-state index is 0.0631. The molecule has 6 nitrogen and oxygen atoms in total. The van der Waals surface area contributed by atoms with Gasteiger partial charge in [0.05, 0.1) is 24.4 Å². The Morgan fingerprint density at radius 3 is 2.70 bits per heavy atom. The number of rotatable bonds is 5. The van der Waals surface area contributed by atoms with E-state index in [1.54, 1.807) is 18.4 Å². The largest absolute Gasteiger partial charge is 0.459 e. The maximum Gasteiger partial charge on any atom is 0.290 e.